The van der Waals surface area contributed by atoms with E-state index in [-0.39, 0.29) is 11.5 Å². The van der Waals surface area contributed by atoms with Crippen LogP contribution in [-0.4, -0.2) is 10.9 Å². The first-order chi connectivity index (χ1) is 14.6. The number of aryl methyl sites for hydroxylation is 1. The van der Waals surface area contributed by atoms with Crippen LogP contribution in [0.2, 0.25) is 0 Å². The first-order valence-corrected chi connectivity index (χ1v) is 9.98. The Morgan fingerprint density at radius 3 is 1.93 bits per heavy atom. The number of phenolic OH excluding ortho intramolecular Hbond substituents is 1. The van der Waals surface area contributed by atoms with Crippen molar-refractivity contribution in [1.29, 1.82) is 0 Å². The Kier molecular flexibility index (Phi) is 4.18. The zero-order valence-corrected chi connectivity index (χ0v) is 16.6. The zero-order chi connectivity index (χ0) is 20.7. The predicted molar refractivity (Wildman–Crippen MR) is 119 cm³/mol. The van der Waals surface area contributed by atoms with Gasteiger partial charge in [0.2, 0.25) is 0 Å². The quantitative estimate of drug-likeness (QED) is 0.467. The average Bonchev–Trinajstić information content (AvgIpc) is 3.05. The first kappa shape index (κ1) is 18.2. The van der Waals surface area contributed by atoms with Crippen molar-refractivity contribution in [2.45, 2.75) is 12.5 Å². The molecule has 3 nitrogen and oxygen atoms in total. The molecule has 0 fully saturated rings. The maximum Gasteiger partial charge on any atom is 0.200 e. The van der Waals surface area contributed by atoms with Gasteiger partial charge in [-0.2, -0.15) is 0 Å². The van der Waals surface area contributed by atoms with Crippen LogP contribution in [0.25, 0.3) is 0 Å². The van der Waals surface area contributed by atoms with Crippen LogP contribution in [0.15, 0.2) is 103 Å². The van der Waals surface area contributed by atoms with Gasteiger partial charge in [-0.15, -0.1) is 0 Å². The summed E-state index contributed by atoms with van der Waals surface area (Å²) in [5, 5.41) is 9.91. The molecule has 1 aliphatic rings. The third-order valence-corrected chi connectivity index (χ3v) is 5.82. The molecule has 0 aromatic heterocycles. The molecule has 0 spiro atoms. The highest BCUT2D eigenvalue weighted by Crippen LogP contribution is 2.52. The molecule has 1 aliphatic heterocycles. The van der Waals surface area contributed by atoms with Crippen LogP contribution >= 0.6 is 0 Å². The summed E-state index contributed by atoms with van der Waals surface area (Å²) in [6.45, 7) is 2.04. The molecule has 0 bridgehead atoms. The molecule has 146 valence electrons. The molecule has 0 saturated heterocycles. The monoisotopic (exact) mass is 391 g/mol. The lowest BCUT2D eigenvalue weighted by Gasteiger charge is -2.40. The zero-order valence-electron chi connectivity index (χ0n) is 16.6. The van der Waals surface area contributed by atoms with Gasteiger partial charge in [0.1, 0.15) is 5.75 Å². The normalized spacial score (nSPS) is 17.8. The highest BCUT2D eigenvalue weighted by atomic mass is 16.3. The van der Waals surface area contributed by atoms with E-state index in [1.807, 2.05) is 97.9 Å². The fourth-order valence-electron chi connectivity index (χ4n) is 4.43. The molecule has 3 heteroatoms. The van der Waals surface area contributed by atoms with E-state index in [2.05, 4.69) is 4.90 Å². The van der Waals surface area contributed by atoms with Gasteiger partial charge in [-0.05, 0) is 54.4 Å². The molecule has 0 aliphatic carbocycles. The Morgan fingerprint density at radius 1 is 0.700 bits per heavy atom. The molecule has 1 atom stereocenters. The summed E-state index contributed by atoms with van der Waals surface area (Å²) >= 11 is 0. The second-order valence-electron chi connectivity index (χ2n) is 7.64. The van der Waals surface area contributed by atoms with Crippen molar-refractivity contribution in [2.24, 2.45) is 0 Å². The number of benzene rings is 4. The molecule has 1 heterocycles. The maximum absolute atomic E-state index is 14.2. The Labute approximate surface area is 175 Å². The second kappa shape index (κ2) is 6.89. The molecule has 5 rings (SSSR count). The number of Topliss-reactive ketones (excluding diaryl/α,β-unsaturated/α-hetero) is 1. The number of phenols is 1. The SMILES string of the molecule is Cc1ccc(C2(c3ccc(O)cc3)C(=O)c3ccccc3N2c2ccccc2)cc1. The molecule has 30 heavy (non-hydrogen) atoms. The largest absolute Gasteiger partial charge is 0.508 e. The number of ketones is 1. The summed E-state index contributed by atoms with van der Waals surface area (Å²) in [6, 6.07) is 32.9. The van der Waals surface area contributed by atoms with Crippen molar-refractivity contribution in [3.05, 3.63) is 125 Å². The van der Waals surface area contributed by atoms with E-state index in [0.717, 1.165) is 28.1 Å². The minimum absolute atomic E-state index is 0.0245. The molecular formula is C27H21NO2. The van der Waals surface area contributed by atoms with Crippen LogP contribution in [0.1, 0.15) is 27.0 Å². The van der Waals surface area contributed by atoms with Gasteiger partial charge in [0.05, 0.1) is 5.69 Å². The number of rotatable bonds is 3. The van der Waals surface area contributed by atoms with E-state index >= 15 is 0 Å². The van der Waals surface area contributed by atoms with E-state index in [0.29, 0.717) is 5.56 Å². The topological polar surface area (TPSA) is 40.5 Å². The van der Waals surface area contributed by atoms with Gasteiger partial charge in [0.25, 0.3) is 0 Å². The molecule has 1 unspecified atom stereocenters. The summed E-state index contributed by atoms with van der Waals surface area (Å²) in [5.74, 6) is 0.198. The summed E-state index contributed by atoms with van der Waals surface area (Å²) in [4.78, 5) is 16.3. The minimum atomic E-state index is -1.06. The molecule has 4 aromatic rings. The highest BCUT2D eigenvalue weighted by molar-refractivity contribution is 6.18. The molecule has 4 aromatic carbocycles. The van der Waals surface area contributed by atoms with Crippen molar-refractivity contribution < 1.29 is 9.90 Å². The van der Waals surface area contributed by atoms with Crippen molar-refractivity contribution in [3.63, 3.8) is 0 Å². The lowest BCUT2D eigenvalue weighted by Crippen LogP contribution is -2.46. The van der Waals surface area contributed by atoms with Crippen LogP contribution in [0.5, 0.6) is 5.75 Å². The summed E-state index contributed by atoms with van der Waals surface area (Å²) in [5.41, 5.74) is 4.28. The van der Waals surface area contributed by atoms with Gasteiger partial charge < -0.3 is 10.0 Å². The third-order valence-electron chi connectivity index (χ3n) is 5.82. The van der Waals surface area contributed by atoms with Gasteiger partial charge in [-0.3, -0.25) is 4.79 Å². The number of para-hydroxylation sites is 2. The second-order valence-corrected chi connectivity index (χ2v) is 7.64. The number of nitrogens with zero attached hydrogens (tertiary/aromatic N) is 1. The van der Waals surface area contributed by atoms with Crippen LogP contribution in [0.3, 0.4) is 0 Å². The van der Waals surface area contributed by atoms with E-state index in [4.69, 9.17) is 0 Å². The van der Waals surface area contributed by atoms with Crippen LogP contribution in [0.4, 0.5) is 11.4 Å². The van der Waals surface area contributed by atoms with Crippen molar-refractivity contribution in [1.82, 2.24) is 0 Å². The lowest BCUT2D eigenvalue weighted by atomic mass is 9.78. The fourth-order valence-corrected chi connectivity index (χ4v) is 4.43. The van der Waals surface area contributed by atoms with Crippen molar-refractivity contribution >= 4 is 17.2 Å². The summed E-state index contributed by atoms with van der Waals surface area (Å²) in [7, 11) is 0. The van der Waals surface area contributed by atoms with Gasteiger partial charge in [-0.25, -0.2) is 0 Å². The standard InChI is InChI=1S/C27H21NO2/c1-19-11-13-20(14-12-19)27(21-15-17-23(29)18-16-21)26(30)24-9-5-6-10-25(24)28(27)22-7-3-2-4-8-22/h2-18,29H,1H3. The molecule has 0 amide bonds. The van der Waals surface area contributed by atoms with Crippen LogP contribution in [0, 0.1) is 6.92 Å². The molecular weight excluding hydrogens is 370 g/mol. The van der Waals surface area contributed by atoms with E-state index < -0.39 is 5.54 Å². The van der Waals surface area contributed by atoms with Crippen molar-refractivity contribution in [3.8, 4) is 5.75 Å². The summed E-state index contributed by atoms with van der Waals surface area (Å²) < 4.78 is 0. The van der Waals surface area contributed by atoms with Gasteiger partial charge in [-0.1, -0.05) is 72.3 Å². The van der Waals surface area contributed by atoms with E-state index in [9.17, 15) is 9.90 Å². The lowest BCUT2D eigenvalue weighted by molar-refractivity contribution is 0.0931. The summed E-state index contributed by atoms with van der Waals surface area (Å²) in [6.07, 6.45) is 0. The Balaban J connectivity index is 1.89. The molecule has 0 radical (unpaired) electrons. The maximum atomic E-state index is 14.2. The van der Waals surface area contributed by atoms with E-state index in [1.54, 1.807) is 12.1 Å². The Hall–Kier alpha value is -3.85. The number of hydrogen-bond donors (Lipinski definition) is 1. The minimum Gasteiger partial charge on any atom is -0.508 e. The fraction of sp³-hybridized carbons (Fsp3) is 0.0741. The number of carbonyl (C=O) groups is 1. The smallest absolute Gasteiger partial charge is 0.200 e. The number of carbonyl (C=O) groups excluding carboxylic acids is 1. The van der Waals surface area contributed by atoms with Crippen molar-refractivity contribution in [2.75, 3.05) is 4.90 Å². The van der Waals surface area contributed by atoms with Gasteiger partial charge in [0, 0.05) is 11.3 Å². The predicted octanol–water partition coefficient (Wildman–Crippen LogP) is 5.98. The first-order valence-electron chi connectivity index (χ1n) is 9.98. The van der Waals surface area contributed by atoms with Gasteiger partial charge in [0.15, 0.2) is 11.3 Å². The van der Waals surface area contributed by atoms with Gasteiger partial charge >= 0.3 is 0 Å². The number of aromatic hydroxyl groups is 1. The number of anilines is 2. The Bertz CT molecular complexity index is 1170. The Morgan fingerprint density at radius 2 is 1.27 bits per heavy atom. The average molecular weight is 391 g/mol. The van der Waals surface area contributed by atoms with E-state index in [1.165, 1.54) is 0 Å². The third kappa shape index (κ3) is 2.56. The molecule has 0 saturated carbocycles. The number of hydrogen-bond acceptors (Lipinski definition) is 3. The van der Waals surface area contributed by atoms with Crippen LogP contribution in [-0.2, 0) is 5.54 Å². The van der Waals surface area contributed by atoms with Crippen LogP contribution < -0.4 is 4.90 Å². The molecule has 1 N–H and O–H groups in total. The number of fused-ring (bicyclic) bond motifs is 1. The highest BCUT2D eigenvalue weighted by Gasteiger charge is 2.54.